The van der Waals surface area contributed by atoms with Gasteiger partial charge in [0, 0.05) is 6.54 Å². The first kappa shape index (κ1) is 11.9. The summed E-state index contributed by atoms with van der Waals surface area (Å²) in [5.41, 5.74) is 1.65. The van der Waals surface area contributed by atoms with Gasteiger partial charge >= 0.3 is 0 Å². The van der Waals surface area contributed by atoms with Crippen molar-refractivity contribution in [3.63, 3.8) is 0 Å². The average Bonchev–Trinajstić information content (AvgIpc) is 2.30. The zero-order valence-corrected chi connectivity index (χ0v) is 10.0. The second kappa shape index (κ2) is 4.72. The number of hydrogen-bond acceptors (Lipinski definition) is 2. The largest absolute Gasteiger partial charge is 0.508 e. The summed E-state index contributed by atoms with van der Waals surface area (Å²) in [5.74, 6) is 0.0412. The minimum atomic E-state index is -0.178. The topological polar surface area (TPSA) is 32.3 Å². The molecule has 0 fully saturated rings. The minimum absolute atomic E-state index is 0.178. The highest BCUT2D eigenvalue weighted by Crippen LogP contribution is 2.29. The van der Waals surface area contributed by atoms with Gasteiger partial charge in [-0.05, 0) is 53.6 Å². The normalized spacial score (nSPS) is 11.0. The van der Waals surface area contributed by atoms with Crippen molar-refractivity contribution in [3.8, 4) is 5.75 Å². The van der Waals surface area contributed by atoms with Crippen LogP contribution in [-0.4, -0.2) is 12.2 Å². The van der Waals surface area contributed by atoms with Crippen LogP contribution in [0.5, 0.6) is 5.75 Å². The Labute approximate surface area is 100 Å². The molecule has 3 heteroatoms. The summed E-state index contributed by atoms with van der Waals surface area (Å²) in [7, 11) is 1.83. The van der Waals surface area contributed by atoms with E-state index in [4.69, 9.17) is 0 Å². The third kappa shape index (κ3) is 2.11. The van der Waals surface area contributed by atoms with Gasteiger partial charge < -0.3 is 10.4 Å². The maximum atomic E-state index is 13.8. The van der Waals surface area contributed by atoms with E-state index >= 15 is 0 Å². The average molecular weight is 233 g/mol. The first-order chi connectivity index (χ1) is 8.17. The summed E-state index contributed by atoms with van der Waals surface area (Å²) in [4.78, 5) is 0. The zero-order valence-electron chi connectivity index (χ0n) is 10.0. The second-order valence-electron chi connectivity index (χ2n) is 4.11. The number of rotatable bonds is 3. The van der Waals surface area contributed by atoms with E-state index in [2.05, 4.69) is 5.32 Å². The lowest BCUT2D eigenvalue weighted by Crippen LogP contribution is -2.06. The van der Waals surface area contributed by atoms with Gasteiger partial charge in [0.15, 0.2) is 0 Å². The quantitative estimate of drug-likeness (QED) is 0.854. The molecule has 0 amide bonds. The van der Waals surface area contributed by atoms with Gasteiger partial charge in [-0.15, -0.1) is 0 Å². The Balaban J connectivity index is 2.81. The molecular weight excluding hydrogens is 217 g/mol. The first-order valence-electron chi connectivity index (χ1n) is 5.75. The molecule has 0 saturated carbocycles. The van der Waals surface area contributed by atoms with Gasteiger partial charge in [-0.2, -0.15) is 0 Å². The van der Waals surface area contributed by atoms with Crippen LogP contribution in [0.15, 0.2) is 24.3 Å². The number of phenolic OH excluding ortho intramolecular Hbond substituents is 1. The first-order valence-corrected chi connectivity index (χ1v) is 5.75. The summed E-state index contributed by atoms with van der Waals surface area (Å²) in [6.07, 6.45) is 0.644. The molecule has 0 radical (unpaired) electrons. The van der Waals surface area contributed by atoms with Gasteiger partial charge in [-0.3, -0.25) is 0 Å². The molecule has 0 unspecified atom stereocenters. The van der Waals surface area contributed by atoms with Crippen molar-refractivity contribution in [2.24, 2.45) is 0 Å². The molecule has 2 N–H and O–H groups in total. The van der Waals surface area contributed by atoms with Crippen LogP contribution in [0.4, 0.5) is 4.39 Å². The summed E-state index contributed by atoms with van der Waals surface area (Å²) in [5, 5.41) is 14.5. The van der Waals surface area contributed by atoms with Crippen LogP contribution in [0.25, 0.3) is 10.8 Å². The zero-order chi connectivity index (χ0) is 12.4. The van der Waals surface area contributed by atoms with Gasteiger partial charge in [-0.1, -0.05) is 13.0 Å². The highest BCUT2D eigenvalue weighted by molar-refractivity contribution is 5.90. The molecular formula is C14H16FNO. The third-order valence-electron chi connectivity index (χ3n) is 2.96. The molecule has 0 spiro atoms. The Kier molecular flexibility index (Phi) is 3.29. The Hall–Kier alpha value is -1.61. The van der Waals surface area contributed by atoms with E-state index < -0.39 is 0 Å². The molecule has 2 aromatic rings. The van der Waals surface area contributed by atoms with E-state index in [9.17, 15) is 9.50 Å². The molecule has 2 aromatic carbocycles. The summed E-state index contributed by atoms with van der Waals surface area (Å²) >= 11 is 0. The maximum absolute atomic E-state index is 13.8. The van der Waals surface area contributed by atoms with Gasteiger partial charge in [0.25, 0.3) is 0 Å². The Morgan fingerprint density at radius 3 is 2.71 bits per heavy atom. The second-order valence-corrected chi connectivity index (χ2v) is 4.11. The predicted octanol–water partition coefficient (Wildman–Crippen LogP) is 2.97. The Bertz CT molecular complexity index is 551. The van der Waals surface area contributed by atoms with Gasteiger partial charge in [0.2, 0.25) is 0 Å². The summed E-state index contributed by atoms with van der Waals surface area (Å²) in [6.45, 7) is 2.55. The molecule has 90 valence electrons. The smallest absolute Gasteiger partial charge is 0.127 e. The van der Waals surface area contributed by atoms with Crippen LogP contribution >= 0.6 is 0 Å². The molecule has 0 aliphatic carbocycles. The number of nitrogens with one attached hydrogen (secondary N) is 1. The lowest BCUT2D eigenvalue weighted by Gasteiger charge is -2.12. The van der Waals surface area contributed by atoms with Crippen molar-refractivity contribution in [2.45, 2.75) is 19.9 Å². The molecule has 2 rings (SSSR count). The standard InChI is InChI=1S/C14H16FNO/c1-3-12-13(15)5-4-9-6-11(17)7-10(8-16-2)14(9)12/h4-7,16-17H,3,8H2,1-2H3. The van der Waals surface area contributed by atoms with Crippen molar-refractivity contribution in [2.75, 3.05) is 7.05 Å². The van der Waals surface area contributed by atoms with Crippen molar-refractivity contribution in [3.05, 3.63) is 41.2 Å². The molecule has 0 saturated heterocycles. The molecule has 0 aliphatic heterocycles. The van der Waals surface area contributed by atoms with Crippen LogP contribution in [-0.2, 0) is 13.0 Å². The molecule has 0 bridgehead atoms. The monoisotopic (exact) mass is 233 g/mol. The number of phenols is 1. The van der Waals surface area contributed by atoms with Crippen molar-refractivity contribution >= 4 is 10.8 Å². The van der Waals surface area contributed by atoms with Crippen molar-refractivity contribution in [1.82, 2.24) is 5.32 Å². The molecule has 0 atom stereocenters. The van der Waals surface area contributed by atoms with Gasteiger partial charge in [0.05, 0.1) is 0 Å². The minimum Gasteiger partial charge on any atom is -0.508 e. The van der Waals surface area contributed by atoms with E-state index in [1.54, 1.807) is 18.2 Å². The van der Waals surface area contributed by atoms with Crippen LogP contribution in [0.3, 0.4) is 0 Å². The van der Waals surface area contributed by atoms with E-state index in [0.717, 1.165) is 16.3 Å². The Morgan fingerprint density at radius 1 is 1.29 bits per heavy atom. The van der Waals surface area contributed by atoms with E-state index in [1.807, 2.05) is 14.0 Å². The van der Waals surface area contributed by atoms with E-state index in [0.29, 0.717) is 18.5 Å². The number of benzene rings is 2. The lowest BCUT2D eigenvalue weighted by molar-refractivity contribution is 0.475. The molecule has 0 aromatic heterocycles. The maximum Gasteiger partial charge on any atom is 0.127 e. The highest BCUT2D eigenvalue weighted by atomic mass is 19.1. The predicted molar refractivity (Wildman–Crippen MR) is 67.7 cm³/mol. The summed E-state index contributed by atoms with van der Waals surface area (Å²) in [6, 6.07) is 6.54. The van der Waals surface area contributed by atoms with Crippen LogP contribution in [0.1, 0.15) is 18.1 Å². The van der Waals surface area contributed by atoms with Crippen LogP contribution < -0.4 is 5.32 Å². The molecule has 2 nitrogen and oxygen atoms in total. The third-order valence-corrected chi connectivity index (χ3v) is 2.96. The molecule has 0 heterocycles. The molecule has 0 aliphatic rings. The highest BCUT2D eigenvalue weighted by Gasteiger charge is 2.11. The van der Waals surface area contributed by atoms with Crippen LogP contribution in [0.2, 0.25) is 0 Å². The lowest BCUT2D eigenvalue weighted by atomic mass is 9.97. The molecule has 17 heavy (non-hydrogen) atoms. The number of hydrogen-bond donors (Lipinski definition) is 2. The SMILES string of the molecule is CCc1c(F)ccc2cc(O)cc(CNC)c12. The van der Waals surface area contributed by atoms with Gasteiger partial charge in [-0.25, -0.2) is 4.39 Å². The fraction of sp³-hybridized carbons (Fsp3) is 0.286. The summed E-state index contributed by atoms with van der Waals surface area (Å²) < 4.78 is 13.8. The van der Waals surface area contributed by atoms with Gasteiger partial charge in [0.1, 0.15) is 11.6 Å². The number of aromatic hydroxyl groups is 1. The Morgan fingerprint density at radius 2 is 2.06 bits per heavy atom. The van der Waals surface area contributed by atoms with Crippen molar-refractivity contribution < 1.29 is 9.50 Å². The van der Waals surface area contributed by atoms with E-state index in [1.165, 1.54) is 6.07 Å². The number of fused-ring (bicyclic) bond motifs is 1. The van der Waals surface area contributed by atoms with Crippen LogP contribution in [0, 0.1) is 5.82 Å². The fourth-order valence-electron chi connectivity index (χ4n) is 2.27. The van der Waals surface area contributed by atoms with Crippen molar-refractivity contribution in [1.29, 1.82) is 0 Å². The number of aryl methyl sites for hydroxylation is 1. The number of halogens is 1. The fourth-order valence-corrected chi connectivity index (χ4v) is 2.27. The van der Waals surface area contributed by atoms with E-state index in [-0.39, 0.29) is 11.6 Å².